The maximum absolute atomic E-state index is 7.08. The van der Waals surface area contributed by atoms with E-state index in [2.05, 4.69) is 549 Å². The van der Waals surface area contributed by atoms with Gasteiger partial charge in [0.2, 0.25) is 0 Å². The van der Waals surface area contributed by atoms with Crippen molar-refractivity contribution in [2.75, 3.05) is 14.7 Å². The highest BCUT2D eigenvalue weighted by atomic mass is 16.3. The molecule has 0 unspecified atom stereocenters. The summed E-state index contributed by atoms with van der Waals surface area (Å²) >= 11 is 0. The van der Waals surface area contributed by atoms with Gasteiger partial charge in [-0.3, -0.25) is 0 Å². The summed E-state index contributed by atoms with van der Waals surface area (Å²) in [6.45, 7) is 0. The molecule has 678 valence electrons. The molecule has 28 rings (SSSR count). The molecule has 1 aliphatic carbocycles. The quantitative estimate of drug-likeness (QED) is 0.0804. The van der Waals surface area contributed by atoms with Crippen LogP contribution in [0.25, 0.3) is 198 Å². The standard InChI is InChI=1S/C139H89N3O3/c1-5-27-90(28-6-1)92-55-69-107(70-56-92)140(113-81-67-99-83-100(53-54-101(99)84-113)103-85-125(137-127(86-103)122-40-17-21-51-134(122)144-137)97-65-79-111(80-66-97)141(131-48-23-32-95-31-13-14-37-115(95)131)109-71-57-93(58-72-109)91-29-7-2-8-30-91)108-75-63-98(64-76-108)126-87-104(88-128-123-41-18-22-52-135(123)145-138(126)128)114-42-24-45-120-117(114)44-26-49-132(120)142(112-77-61-96(62-78-112)116-43-25-46-124-121-39-16-20-50-133(121)143-136(116)124)110-73-59-94(60-74-110)102-68-82-119-118-38-15-19-47-129(118)139(130(119)89-102,105-33-9-3-10-34-105)106-35-11-4-12-36-106/h1-89H. The maximum Gasteiger partial charge on any atom is 0.143 e. The lowest BCUT2D eigenvalue weighted by Crippen LogP contribution is -2.28. The zero-order valence-electron chi connectivity index (χ0n) is 79.0. The number of fused-ring (bicyclic) bond motifs is 15. The Bertz CT molecular complexity index is 9670. The summed E-state index contributed by atoms with van der Waals surface area (Å²) in [5, 5.41) is 13.3. The second-order valence-corrected chi connectivity index (χ2v) is 38.0. The molecule has 0 saturated heterocycles. The van der Waals surface area contributed by atoms with Crippen molar-refractivity contribution in [1.29, 1.82) is 0 Å². The monoisotopic (exact) mass is 1850 g/mol. The molecular formula is C139H89N3O3. The fraction of sp³-hybridized carbons (Fsp3) is 0.00719. The molecule has 1 aliphatic rings. The van der Waals surface area contributed by atoms with Crippen molar-refractivity contribution in [3.8, 4) is 100 Å². The first kappa shape index (κ1) is 84.0. The van der Waals surface area contributed by atoms with Crippen molar-refractivity contribution >= 4 is 149 Å². The number of furan rings is 3. The van der Waals surface area contributed by atoms with E-state index in [1.165, 1.54) is 55.3 Å². The van der Waals surface area contributed by atoms with Crippen LogP contribution in [0.1, 0.15) is 22.3 Å². The first-order chi connectivity index (χ1) is 71.8. The molecule has 3 heterocycles. The van der Waals surface area contributed by atoms with Gasteiger partial charge in [-0.1, -0.05) is 388 Å². The number of benzene rings is 24. The molecule has 6 nitrogen and oxygen atoms in total. The lowest BCUT2D eigenvalue weighted by atomic mass is 9.67. The van der Waals surface area contributed by atoms with Gasteiger partial charge in [0.05, 0.1) is 16.8 Å². The molecule has 3 aromatic heterocycles. The minimum Gasteiger partial charge on any atom is -0.455 e. The van der Waals surface area contributed by atoms with E-state index in [4.69, 9.17) is 13.3 Å². The summed E-state index contributed by atoms with van der Waals surface area (Å²) in [6, 6.07) is 197. The molecule has 27 aromatic rings. The smallest absolute Gasteiger partial charge is 0.143 e. The third-order valence-electron chi connectivity index (χ3n) is 29.9. The lowest BCUT2D eigenvalue weighted by Gasteiger charge is -2.34. The molecule has 0 spiro atoms. The van der Waals surface area contributed by atoms with Crippen LogP contribution < -0.4 is 14.7 Å². The minimum absolute atomic E-state index is 0.535. The Balaban J connectivity index is 0.534. The lowest BCUT2D eigenvalue weighted by molar-refractivity contribution is 0.669. The van der Waals surface area contributed by atoms with Gasteiger partial charge in [0.15, 0.2) is 0 Å². The molecule has 0 amide bonds. The fourth-order valence-corrected chi connectivity index (χ4v) is 23.0. The Morgan fingerprint density at radius 3 is 1.04 bits per heavy atom. The van der Waals surface area contributed by atoms with E-state index in [0.717, 1.165) is 216 Å². The van der Waals surface area contributed by atoms with Crippen LogP contribution >= 0.6 is 0 Å². The normalized spacial score (nSPS) is 12.2. The van der Waals surface area contributed by atoms with E-state index >= 15 is 0 Å². The van der Waals surface area contributed by atoms with E-state index < -0.39 is 5.41 Å². The van der Waals surface area contributed by atoms with Gasteiger partial charge < -0.3 is 28.0 Å². The summed E-state index contributed by atoms with van der Waals surface area (Å²) in [5.74, 6) is 0. The van der Waals surface area contributed by atoms with Gasteiger partial charge in [-0.15, -0.1) is 0 Å². The Hall–Kier alpha value is -19.1. The number of rotatable bonds is 19. The van der Waals surface area contributed by atoms with Crippen LogP contribution in [0.15, 0.2) is 553 Å². The van der Waals surface area contributed by atoms with Gasteiger partial charge in [-0.25, -0.2) is 0 Å². The highest BCUT2D eigenvalue weighted by Crippen LogP contribution is 2.58. The second-order valence-electron chi connectivity index (χ2n) is 38.0. The van der Waals surface area contributed by atoms with Crippen LogP contribution in [0.3, 0.4) is 0 Å². The molecule has 0 bridgehead atoms. The number of hydrogen-bond acceptors (Lipinski definition) is 6. The predicted octanol–water partition coefficient (Wildman–Crippen LogP) is 39.0. The number of para-hydroxylation sites is 4. The van der Waals surface area contributed by atoms with E-state index in [1.807, 2.05) is 6.07 Å². The van der Waals surface area contributed by atoms with Crippen LogP contribution in [-0.2, 0) is 5.41 Å². The number of anilines is 9. The minimum atomic E-state index is -0.535. The molecule has 0 N–H and O–H groups in total. The molecule has 145 heavy (non-hydrogen) atoms. The third kappa shape index (κ3) is 14.3. The largest absolute Gasteiger partial charge is 0.455 e. The Morgan fingerprint density at radius 1 is 0.145 bits per heavy atom. The average molecular weight is 1850 g/mol. The average Bonchev–Trinajstić information content (AvgIpc) is 1.53. The van der Waals surface area contributed by atoms with E-state index in [0.29, 0.717) is 0 Å². The highest BCUT2D eigenvalue weighted by molar-refractivity contribution is 6.16. The topological polar surface area (TPSA) is 49.1 Å². The van der Waals surface area contributed by atoms with Crippen molar-refractivity contribution < 1.29 is 13.3 Å². The predicted molar refractivity (Wildman–Crippen MR) is 606 cm³/mol. The first-order valence-corrected chi connectivity index (χ1v) is 49.7. The summed E-state index contributed by atoms with van der Waals surface area (Å²) in [7, 11) is 0. The molecule has 0 aliphatic heterocycles. The van der Waals surface area contributed by atoms with Crippen molar-refractivity contribution in [2.45, 2.75) is 5.41 Å². The number of nitrogens with zero attached hydrogens (tertiary/aromatic N) is 3. The van der Waals surface area contributed by atoms with Crippen LogP contribution in [0.2, 0.25) is 0 Å². The van der Waals surface area contributed by atoms with Crippen LogP contribution in [0.5, 0.6) is 0 Å². The fourth-order valence-electron chi connectivity index (χ4n) is 23.0. The van der Waals surface area contributed by atoms with Crippen LogP contribution in [-0.4, -0.2) is 0 Å². The van der Waals surface area contributed by atoms with Gasteiger partial charge in [-0.05, 0) is 279 Å². The maximum atomic E-state index is 7.08. The van der Waals surface area contributed by atoms with E-state index in [1.54, 1.807) is 0 Å². The van der Waals surface area contributed by atoms with Gasteiger partial charge >= 0.3 is 0 Å². The Labute approximate surface area is 839 Å². The Morgan fingerprint density at radius 2 is 0.483 bits per heavy atom. The van der Waals surface area contributed by atoms with Crippen molar-refractivity contribution in [3.05, 3.63) is 562 Å². The van der Waals surface area contributed by atoms with Crippen molar-refractivity contribution in [3.63, 3.8) is 0 Å². The third-order valence-corrected chi connectivity index (χ3v) is 29.9. The molecule has 24 aromatic carbocycles. The SMILES string of the molecule is c1ccc(-c2ccc(N(c3ccc(-c4cc(-c5cccc6c(N(c7ccc(-c8ccc9c(c8)C(c8ccccc8)(c8ccccc8)c8ccccc8-9)cc7)c7ccc(-c8cccc9c8oc8ccccc89)cc7)cccc56)cc5c4oc4ccccc45)cc3)c3ccc4cc(-c5cc(-c6ccc(N(c7ccc(-c8ccccc8)cc7)c7cccc8ccccc78)cc6)c6oc7ccccc7c6c5)ccc4c3)cc2)cc1. The summed E-state index contributed by atoms with van der Waals surface area (Å²) in [4.78, 5) is 7.19. The second kappa shape index (κ2) is 34.7. The van der Waals surface area contributed by atoms with Gasteiger partial charge in [0.25, 0.3) is 0 Å². The highest BCUT2D eigenvalue weighted by Gasteiger charge is 2.46. The molecule has 0 atom stereocenters. The molecule has 0 fully saturated rings. The summed E-state index contributed by atoms with van der Waals surface area (Å²) in [5.41, 5.74) is 39.0. The zero-order valence-corrected chi connectivity index (χ0v) is 79.0. The Kier molecular flexibility index (Phi) is 20.1. The molecule has 0 saturated carbocycles. The molecule has 6 heteroatoms. The van der Waals surface area contributed by atoms with Gasteiger partial charge in [0.1, 0.15) is 33.5 Å². The number of hydrogen-bond donors (Lipinski definition) is 0. The summed E-state index contributed by atoms with van der Waals surface area (Å²) in [6.07, 6.45) is 0. The van der Waals surface area contributed by atoms with Gasteiger partial charge in [0, 0.05) is 99.6 Å². The summed E-state index contributed by atoms with van der Waals surface area (Å²) < 4.78 is 20.7. The molecule has 0 radical (unpaired) electrons. The van der Waals surface area contributed by atoms with Crippen LogP contribution in [0, 0.1) is 0 Å². The zero-order chi connectivity index (χ0) is 95.6. The van der Waals surface area contributed by atoms with Crippen molar-refractivity contribution in [1.82, 2.24) is 0 Å². The molecular weight excluding hydrogens is 1760 g/mol. The first-order valence-electron chi connectivity index (χ1n) is 49.7. The van der Waals surface area contributed by atoms with E-state index in [9.17, 15) is 0 Å². The van der Waals surface area contributed by atoms with E-state index in [-0.39, 0.29) is 0 Å². The van der Waals surface area contributed by atoms with Crippen molar-refractivity contribution in [2.24, 2.45) is 0 Å². The van der Waals surface area contributed by atoms with Gasteiger partial charge in [-0.2, -0.15) is 0 Å². The van der Waals surface area contributed by atoms with Crippen LogP contribution in [0.4, 0.5) is 51.2 Å².